The van der Waals surface area contributed by atoms with Gasteiger partial charge >= 0.3 is 0 Å². The number of benzene rings is 1. The van der Waals surface area contributed by atoms with Gasteiger partial charge in [-0.05, 0) is 38.2 Å². The number of anilines is 1. The largest absolute Gasteiger partial charge is 0.393 e. The van der Waals surface area contributed by atoms with E-state index in [1.807, 2.05) is 7.05 Å². The number of nitrogens with two attached hydrogens (primary N) is 2. The number of nitrogen functional groups attached to an aromatic ring is 1. The van der Waals surface area contributed by atoms with Crippen molar-refractivity contribution in [2.75, 3.05) is 25.9 Å². The molecule has 0 saturated heterocycles. The molecule has 17 heavy (non-hydrogen) atoms. The smallest absolute Gasteiger partial charge is 0.292 e. The summed E-state index contributed by atoms with van der Waals surface area (Å²) in [6.45, 7) is 2.17. The molecule has 1 aromatic rings. The lowest BCUT2D eigenvalue weighted by atomic mass is 10.1. The molecular weight excluding hydrogens is 220 g/mol. The fourth-order valence-corrected chi connectivity index (χ4v) is 1.60. The van der Waals surface area contributed by atoms with Gasteiger partial charge in [-0.15, -0.1) is 0 Å². The van der Waals surface area contributed by atoms with Gasteiger partial charge in [-0.3, -0.25) is 10.1 Å². The van der Waals surface area contributed by atoms with Crippen LogP contribution < -0.4 is 11.5 Å². The Morgan fingerprint density at radius 1 is 1.47 bits per heavy atom. The summed E-state index contributed by atoms with van der Waals surface area (Å²) in [5.41, 5.74) is 12.0. The third-order valence-electron chi connectivity index (χ3n) is 2.49. The molecule has 6 heteroatoms. The van der Waals surface area contributed by atoms with Gasteiger partial charge in [0.25, 0.3) is 5.69 Å². The summed E-state index contributed by atoms with van der Waals surface area (Å²) in [5.74, 6) is 0. The van der Waals surface area contributed by atoms with Crippen LogP contribution in [-0.2, 0) is 6.54 Å². The SMILES string of the molecule is CN(CCCN)Cc1ccc(N)c([N+](=O)[O-])c1. The topological polar surface area (TPSA) is 98.4 Å². The number of nitrogens with zero attached hydrogens (tertiary/aromatic N) is 2. The zero-order valence-corrected chi connectivity index (χ0v) is 9.93. The summed E-state index contributed by atoms with van der Waals surface area (Å²) >= 11 is 0. The first-order chi connectivity index (χ1) is 8.04. The van der Waals surface area contributed by atoms with E-state index in [2.05, 4.69) is 4.90 Å². The van der Waals surface area contributed by atoms with Crippen LogP contribution in [0.15, 0.2) is 18.2 Å². The number of rotatable bonds is 6. The lowest BCUT2D eigenvalue weighted by molar-refractivity contribution is -0.384. The summed E-state index contributed by atoms with van der Waals surface area (Å²) in [4.78, 5) is 12.3. The maximum Gasteiger partial charge on any atom is 0.292 e. The molecule has 94 valence electrons. The maximum absolute atomic E-state index is 10.7. The lowest BCUT2D eigenvalue weighted by Crippen LogP contribution is -2.21. The maximum atomic E-state index is 10.7. The standard InChI is InChI=1S/C11H18N4O2/c1-14(6-2-5-12)8-9-3-4-10(13)11(7-9)15(16)17/h3-4,7H,2,5-6,8,12-13H2,1H3. The fourth-order valence-electron chi connectivity index (χ4n) is 1.60. The first-order valence-corrected chi connectivity index (χ1v) is 5.46. The third-order valence-corrected chi connectivity index (χ3v) is 2.49. The normalized spacial score (nSPS) is 10.8. The Labute approximate surface area is 100 Å². The zero-order valence-electron chi connectivity index (χ0n) is 9.93. The van der Waals surface area contributed by atoms with Crippen LogP contribution >= 0.6 is 0 Å². The van der Waals surface area contributed by atoms with Crippen LogP contribution in [0.5, 0.6) is 0 Å². The zero-order chi connectivity index (χ0) is 12.8. The molecule has 1 aromatic carbocycles. The van der Waals surface area contributed by atoms with Crippen LogP contribution in [0.4, 0.5) is 11.4 Å². The first-order valence-electron chi connectivity index (χ1n) is 5.46. The minimum absolute atomic E-state index is 0.0327. The molecule has 0 aromatic heterocycles. The van der Waals surface area contributed by atoms with E-state index in [4.69, 9.17) is 11.5 Å². The molecule has 0 fully saturated rings. The predicted molar refractivity (Wildman–Crippen MR) is 67.5 cm³/mol. The van der Waals surface area contributed by atoms with Crippen molar-refractivity contribution in [2.45, 2.75) is 13.0 Å². The molecule has 0 aliphatic heterocycles. The van der Waals surface area contributed by atoms with Crippen LogP contribution in [0.3, 0.4) is 0 Å². The van der Waals surface area contributed by atoms with E-state index in [1.54, 1.807) is 12.1 Å². The highest BCUT2D eigenvalue weighted by Gasteiger charge is 2.12. The molecule has 0 amide bonds. The molecule has 0 radical (unpaired) electrons. The van der Waals surface area contributed by atoms with Gasteiger partial charge in [0.2, 0.25) is 0 Å². The molecule has 0 heterocycles. The Bertz CT molecular complexity index is 395. The van der Waals surface area contributed by atoms with Crippen LogP contribution in [0.1, 0.15) is 12.0 Å². The Morgan fingerprint density at radius 3 is 2.76 bits per heavy atom. The lowest BCUT2D eigenvalue weighted by Gasteiger charge is -2.16. The molecule has 0 saturated carbocycles. The van der Waals surface area contributed by atoms with Gasteiger partial charge in [0, 0.05) is 12.6 Å². The average molecular weight is 238 g/mol. The van der Waals surface area contributed by atoms with Gasteiger partial charge in [0.15, 0.2) is 0 Å². The second-order valence-corrected chi connectivity index (χ2v) is 4.03. The summed E-state index contributed by atoms with van der Waals surface area (Å²) in [6.07, 6.45) is 0.910. The van der Waals surface area contributed by atoms with E-state index in [9.17, 15) is 10.1 Å². The Balaban J connectivity index is 2.72. The summed E-state index contributed by atoms with van der Waals surface area (Å²) in [6, 6.07) is 4.90. The van der Waals surface area contributed by atoms with Gasteiger partial charge in [-0.2, -0.15) is 0 Å². The van der Waals surface area contributed by atoms with Crippen molar-refractivity contribution >= 4 is 11.4 Å². The van der Waals surface area contributed by atoms with Gasteiger partial charge in [0.05, 0.1) is 4.92 Å². The minimum Gasteiger partial charge on any atom is -0.393 e. The number of hydrogen-bond donors (Lipinski definition) is 2. The van der Waals surface area contributed by atoms with E-state index in [0.29, 0.717) is 13.1 Å². The highest BCUT2D eigenvalue weighted by Crippen LogP contribution is 2.22. The van der Waals surface area contributed by atoms with Crippen molar-refractivity contribution in [1.29, 1.82) is 0 Å². The molecule has 0 bridgehead atoms. The van der Waals surface area contributed by atoms with Crippen LogP contribution in [-0.4, -0.2) is 30.0 Å². The van der Waals surface area contributed by atoms with Gasteiger partial charge in [0.1, 0.15) is 5.69 Å². The number of nitro benzene ring substituents is 1. The first kappa shape index (κ1) is 13.4. The quantitative estimate of drug-likeness (QED) is 0.437. The monoisotopic (exact) mass is 238 g/mol. The van der Waals surface area contributed by atoms with Crippen LogP contribution in [0.2, 0.25) is 0 Å². The van der Waals surface area contributed by atoms with E-state index >= 15 is 0 Å². The summed E-state index contributed by atoms with van der Waals surface area (Å²) in [7, 11) is 1.96. The molecule has 0 aliphatic carbocycles. The van der Waals surface area contributed by atoms with E-state index in [0.717, 1.165) is 18.5 Å². The van der Waals surface area contributed by atoms with Crippen molar-refractivity contribution in [3.8, 4) is 0 Å². The van der Waals surface area contributed by atoms with E-state index < -0.39 is 4.92 Å². The molecule has 0 spiro atoms. The van der Waals surface area contributed by atoms with Crippen molar-refractivity contribution in [1.82, 2.24) is 4.90 Å². The van der Waals surface area contributed by atoms with E-state index in [1.165, 1.54) is 6.07 Å². The van der Waals surface area contributed by atoms with Crippen molar-refractivity contribution in [3.63, 3.8) is 0 Å². The molecule has 0 atom stereocenters. The van der Waals surface area contributed by atoms with Crippen molar-refractivity contribution in [2.24, 2.45) is 5.73 Å². The van der Waals surface area contributed by atoms with E-state index in [-0.39, 0.29) is 11.4 Å². The Kier molecular flexibility index (Phi) is 4.86. The number of nitro groups is 1. The van der Waals surface area contributed by atoms with Gasteiger partial charge < -0.3 is 16.4 Å². The molecule has 6 nitrogen and oxygen atoms in total. The Hall–Kier alpha value is -1.66. The summed E-state index contributed by atoms with van der Waals surface area (Å²) in [5, 5.41) is 10.7. The van der Waals surface area contributed by atoms with Crippen LogP contribution in [0.25, 0.3) is 0 Å². The Morgan fingerprint density at radius 2 is 2.18 bits per heavy atom. The average Bonchev–Trinajstić information content (AvgIpc) is 2.28. The van der Waals surface area contributed by atoms with Crippen molar-refractivity contribution in [3.05, 3.63) is 33.9 Å². The minimum atomic E-state index is -0.460. The molecule has 0 aliphatic rings. The third kappa shape index (κ3) is 4.01. The van der Waals surface area contributed by atoms with Gasteiger partial charge in [-0.25, -0.2) is 0 Å². The summed E-state index contributed by atoms with van der Waals surface area (Å²) < 4.78 is 0. The van der Waals surface area contributed by atoms with Gasteiger partial charge in [-0.1, -0.05) is 6.07 Å². The van der Waals surface area contributed by atoms with Crippen LogP contribution in [0, 0.1) is 10.1 Å². The fraction of sp³-hybridized carbons (Fsp3) is 0.455. The molecule has 4 N–H and O–H groups in total. The molecular formula is C11H18N4O2. The second-order valence-electron chi connectivity index (χ2n) is 4.03. The van der Waals surface area contributed by atoms with Crippen molar-refractivity contribution < 1.29 is 4.92 Å². The molecule has 1 rings (SSSR count). The predicted octanol–water partition coefficient (Wildman–Crippen LogP) is 0.958. The highest BCUT2D eigenvalue weighted by molar-refractivity contribution is 5.59. The molecule has 0 unspecified atom stereocenters. The number of hydrogen-bond acceptors (Lipinski definition) is 5. The second kappa shape index (κ2) is 6.17. The highest BCUT2D eigenvalue weighted by atomic mass is 16.6.